The van der Waals surface area contributed by atoms with Crippen LogP contribution < -0.4 is 10.2 Å². The molecule has 1 aromatic carbocycles. The smallest absolute Gasteiger partial charge is 0.0645 e. The summed E-state index contributed by atoms with van der Waals surface area (Å²) in [4.78, 5) is 2.41. The molecule has 1 aliphatic rings. The van der Waals surface area contributed by atoms with Crippen molar-refractivity contribution in [2.24, 2.45) is 0 Å². The predicted octanol–water partition coefficient (Wildman–Crippen LogP) is 2.02. The Morgan fingerprint density at radius 3 is 3.00 bits per heavy atom. The lowest BCUT2D eigenvalue weighted by Crippen LogP contribution is -2.32. The number of ether oxygens (including phenoxy) is 1. The van der Waals surface area contributed by atoms with Crippen LogP contribution in [0.2, 0.25) is 0 Å². The van der Waals surface area contributed by atoms with Crippen molar-refractivity contribution in [1.82, 2.24) is 5.32 Å². The van der Waals surface area contributed by atoms with E-state index in [1.54, 1.807) is 0 Å². The van der Waals surface area contributed by atoms with Crippen molar-refractivity contribution in [2.45, 2.75) is 26.5 Å². The zero-order valence-electron chi connectivity index (χ0n) is 10.8. The van der Waals surface area contributed by atoms with Gasteiger partial charge in [-0.3, -0.25) is 0 Å². The van der Waals surface area contributed by atoms with E-state index in [9.17, 15) is 0 Å². The lowest BCUT2D eigenvalue weighted by atomic mass is 10.1. The third-order valence-electron chi connectivity index (χ3n) is 3.02. The molecular formula is C14H22N2O. The summed E-state index contributed by atoms with van der Waals surface area (Å²) in [5.41, 5.74) is 2.74. The minimum Gasteiger partial charge on any atom is -0.377 e. The van der Waals surface area contributed by atoms with E-state index >= 15 is 0 Å². The highest BCUT2D eigenvalue weighted by Crippen LogP contribution is 2.21. The van der Waals surface area contributed by atoms with E-state index in [2.05, 4.69) is 48.3 Å². The van der Waals surface area contributed by atoms with Gasteiger partial charge in [-0.2, -0.15) is 0 Å². The van der Waals surface area contributed by atoms with Crippen LogP contribution in [-0.2, 0) is 11.3 Å². The molecule has 0 saturated carbocycles. The van der Waals surface area contributed by atoms with Crippen LogP contribution in [0, 0.1) is 0 Å². The van der Waals surface area contributed by atoms with Gasteiger partial charge in [-0.1, -0.05) is 18.2 Å². The van der Waals surface area contributed by atoms with Crippen molar-refractivity contribution in [3.05, 3.63) is 29.8 Å². The second kappa shape index (κ2) is 6.03. The van der Waals surface area contributed by atoms with Gasteiger partial charge in [-0.05, 0) is 25.5 Å². The number of anilines is 1. The van der Waals surface area contributed by atoms with Gasteiger partial charge in [-0.25, -0.2) is 0 Å². The van der Waals surface area contributed by atoms with Crippen LogP contribution >= 0.6 is 0 Å². The highest BCUT2D eigenvalue weighted by molar-refractivity contribution is 5.54. The second-order valence-electron chi connectivity index (χ2n) is 4.71. The van der Waals surface area contributed by atoms with Gasteiger partial charge in [-0.15, -0.1) is 0 Å². The number of fused-ring (bicyclic) bond motifs is 1. The first-order chi connectivity index (χ1) is 8.27. The summed E-state index contributed by atoms with van der Waals surface area (Å²) in [6, 6.07) is 8.62. The third-order valence-corrected chi connectivity index (χ3v) is 3.02. The van der Waals surface area contributed by atoms with E-state index in [0.29, 0.717) is 6.10 Å². The maximum Gasteiger partial charge on any atom is 0.0645 e. The van der Waals surface area contributed by atoms with Gasteiger partial charge < -0.3 is 15.0 Å². The summed E-state index contributed by atoms with van der Waals surface area (Å²) in [6.07, 6.45) is 0.315. The molecule has 0 bridgehead atoms. The minimum atomic E-state index is 0.315. The summed E-state index contributed by atoms with van der Waals surface area (Å²) < 4.78 is 5.64. The lowest BCUT2D eigenvalue weighted by molar-refractivity contribution is 0.0841. The Morgan fingerprint density at radius 2 is 2.18 bits per heavy atom. The molecule has 1 aliphatic heterocycles. The standard InChI is InChI=1S/C14H22N2O/c1-12(2)17-10-9-16-8-7-15-11-13-5-3-4-6-14(13)16/h3-6,12,15H,7-11H2,1-2H3. The molecule has 0 aliphatic carbocycles. The zero-order chi connectivity index (χ0) is 12.1. The van der Waals surface area contributed by atoms with Gasteiger partial charge in [0.15, 0.2) is 0 Å². The Morgan fingerprint density at radius 1 is 1.35 bits per heavy atom. The molecule has 0 atom stereocenters. The maximum atomic E-state index is 5.64. The fourth-order valence-corrected chi connectivity index (χ4v) is 2.16. The predicted molar refractivity (Wildman–Crippen MR) is 71.4 cm³/mol. The number of nitrogens with one attached hydrogen (secondary N) is 1. The first kappa shape index (κ1) is 12.4. The topological polar surface area (TPSA) is 24.5 Å². The number of rotatable bonds is 4. The molecule has 0 aromatic heterocycles. The van der Waals surface area contributed by atoms with Crippen molar-refractivity contribution in [1.29, 1.82) is 0 Å². The van der Waals surface area contributed by atoms with E-state index in [0.717, 1.165) is 32.8 Å². The van der Waals surface area contributed by atoms with Crippen molar-refractivity contribution < 1.29 is 4.74 Å². The Balaban J connectivity index is 2.01. The van der Waals surface area contributed by atoms with E-state index in [1.807, 2.05) is 0 Å². The molecule has 94 valence electrons. The third kappa shape index (κ3) is 3.45. The highest BCUT2D eigenvalue weighted by Gasteiger charge is 2.13. The van der Waals surface area contributed by atoms with Crippen LogP contribution in [0.15, 0.2) is 24.3 Å². The number of benzene rings is 1. The number of hydrogen-bond acceptors (Lipinski definition) is 3. The second-order valence-corrected chi connectivity index (χ2v) is 4.71. The summed E-state index contributed by atoms with van der Waals surface area (Å²) in [5, 5.41) is 3.45. The normalized spacial score (nSPS) is 15.8. The molecule has 3 heteroatoms. The Labute approximate surface area is 104 Å². The highest BCUT2D eigenvalue weighted by atomic mass is 16.5. The van der Waals surface area contributed by atoms with Gasteiger partial charge >= 0.3 is 0 Å². The van der Waals surface area contributed by atoms with E-state index < -0.39 is 0 Å². The number of para-hydroxylation sites is 1. The van der Waals surface area contributed by atoms with Crippen LogP contribution in [0.3, 0.4) is 0 Å². The van der Waals surface area contributed by atoms with Gasteiger partial charge in [0.2, 0.25) is 0 Å². The molecule has 0 amide bonds. The molecular weight excluding hydrogens is 212 g/mol. The average Bonchev–Trinajstić information content (AvgIpc) is 2.52. The molecule has 0 spiro atoms. The van der Waals surface area contributed by atoms with Gasteiger partial charge in [0.25, 0.3) is 0 Å². The van der Waals surface area contributed by atoms with Gasteiger partial charge in [0.1, 0.15) is 0 Å². The molecule has 0 fully saturated rings. The van der Waals surface area contributed by atoms with Crippen LogP contribution in [0.5, 0.6) is 0 Å². The molecule has 1 N–H and O–H groups in total. The molecule has 0 saturated heterocycles. The zero-order valence-corrected chi connectivity index (χ0v) is 10.8. The Kier molecular flexibility index (Phi) is 4.40. The van der Waals surface area contributed by atoms with Crippen molar-refractivity contribution in [2.75, 3.05) is 31.1 Å². The number of nitrogens with zero attached hydrogens (tertiary/aromatic N) is 1. The Bertz CT molecular complexity index is 352. The van der Waals surface area contributed by atoms with Gasteiger partial charge in [0.05, 0.1) is 12.7 Å². The summed E-state index contributed by atoms with van der Waals surface area (Å²) in [6.45, 7) is 8.99. The first-order valence-corrected chi connectivity index (χ1v) is 6.42. The van der Waals surface area contributed by atoms with Crippen molar-refractivity contribution >= 4 is 5.69 Å². The lowest BCUT2D eigenvalue weighted by Gasteiger charge is -2.24. The fourth-order valence-electron chi connectivity index (χ4n) is 2.16. The maximum absolute atomic E-state index is 5.64. The SMILES string of the molecule is CC(C)OCCN1CCNCc2ccccc21. The summed E-state index contributed by atoms with van der Waals surface area (Å²) in [5.74, 6) is 0. The van der Waals surface area contributed by atoms with Crippen LogP contribution in [-0.4, -0.2) is 32.3 Å². The largest absolute Gasteiger partial charge is 0.377 e. The first-order valence-electron chi connectivity index (χ1n) is 6.42. The number of hydrogen-bond donors (Lipinski definition) is 1. The van der Waals surface area contributed by atoms with E-state index in [-0.39, 0.29) is 0 Å². The summed E-state index contributed by atoms with van der Waals surface area (Å²) in [7, 11) is 0. The van der Waals surface area contributed by atoms with Gasteiger partial charge in [0, 0.05) is 31.9 Å². The van der Waals surface area contributed by atoms with E-state index in [1.165, 1.54) is 11.3 Å². The van der Waals surface area contributed by atoms with Crippen molar-refractivity contribution in [3.8, 4) is 0 Å². The van der Waals surface area contributed by atoms with E-state index in [4.69, 9.17) is 4.74 Å². The molecule has 0 unspecified atom stereocenters. The van der Waals surface area contributed by atoms with Crippen LogP contribution in [0.4, 0.5) is 5.69 Å². The quantitative estimate of drug-likeness (QED) is 0.862. The fraction of sp³-hybridized carbons (Fsp3) is 0.571. The summed E-state index contributed by atoms with van der Waals surface area (Å²) >= 11 is 0. The molecule has 2 rings (SSSR count). The monoisotopic (exact) mass is 234 g/mol. The van der Waals surface area contributed by atoms with Crippen molar-refractivity contribution in [3.63, 3.8) is 0 Å². The molecule has 3 nitrogen and oxygen atoms in total. The minimum absolute atomic E-state index is 0.315. The molecule has 1 aromatic rings. The van der Waals surface area contributed by atoms with Crippen LogP contribution in [0.1, 0.15) is 19.4 Å². The molecule has 17 heavy (non-hydrogen) atoms. The average molecular weight is 234 g/mol. The molecule has 1 heterocycles. The molecule has 0 radical (unpaired) electrons. The van der Waals surface area contributed by atoms with Crippen LogP contribution in [0.25, 0.3) is 0 Å². The Hall–Kier alpha value is -1.06.